The van der Waals surface area contributed by atoms with Crippen LogP contribution in [-0.2, 0) is 11.3 Å². The van der Waals surface area contributed by atoms with Crippen LogP contribution in [-0.4, -0.2) is 22.1 Å². The molecule has 0 amide bonds. The van der Waals surface area contributed by atoms with E-state index >= 15 is 0 Å². The molecule has 0 aliphatic heterocycles. The van der Waals surface area contributed by atoms with Crippen LogP contribution in [0.3, 0.4) is 0 Å². The van der Waals surface area contributed by atoms with Crippen molar-refractivity contribution in [2.75, 3.05) is 6.61 Å². The van der Waals surface area contributed by atoms with Crippen molar-refractivity contribution >= 4 is 27.5 Å². The summed E-state index contributed by atoms with van der Waals surface area (Å²) in [5, 5.41) is 0.684. The van der Waals surface area contributed by atoms with Gasteiger partial charge in [0.25, 0.3) is 5.56 Å². The summed E-state index contributed by atoms with van der Waals surface area (Å²) in [5.74, 6) is -0.339. The van der Waals surface area contributed by atoms with Gasteiger partial charge >= 0.3 is 5.97 Å². The van der Waals surface area contributed by atoms with E-state index in [1.54, 1.807) is 29.1 Å². The minimum atomic E-state index is -0.339. The van der Waals surface area contributed by atoms with E-state index in [1.807, 2.05) is 26.8 Å². The summed E-state index contributed by atoms with van der Waals surface area (Å²) in [6.45, 7) is 6.67. The van der Waals surface area contributed by atoms with Crippen LogP contribution in [0.2, 0.25) is 0 Å². The second-order valence-electron chi connectivity index (χ2n) is 5.98. The third-order valence-corrected chi connectivity index (χ3v) is 5.22. The van der Waals surface area contributed by atoms with Gasteiger partial charge in [0.2, 0.25) is 0 Å². The molecule has 0 fully saturated rings. The highest BCUT2D eigenvalue weighted by Crippen LogP contribution is 2.25. The molecule has 0 atom stereocenters. The average molecular weight is 356 g/mol. The van der Waals surface area contributed by atoms with Crippen LogP contribution in [0.25, 0.3) is 10.2 Å². The van der Waals surface area contributed by atoms with Crippen molar-refractivity contribution in [3.8, 4) is 0 Å². The third kappa shape index (κ3) is 3.49. The first kappa shape index (κ1) is 17.4. The third-order valence-electron chi connectivity index (χ3n) is 4.11. The lowest BCUT2D eigenvalue weighted by atomic mass is 10.1. The van der Waals surface area contributed by atoms with E-state index in [0.717, 1.165) is 27.3 Å². The molecule has 0 N–H and O–H groups in total. The maximum Gasteiger partial charge on any atom is 0.338 e. The number of nitrogens with zero attached hydrogens (tertiary/aromatic N) is 2. The SMILES string of the molecule is CCCOC(=O)c1cccc(Cn2cnc3sc(C)c(C)c3c2=O)c1. The Balaban J connectivity index is 1.91. The molecule has 0 saturated heterocycles. The van der Waals surface area contributed by atoms with Crippen LogP contribution in [0.1, 0.15) is 39.7 Å². The van der Waals surface area contributed by atoms with Crippen LogP contribution in [0.5, 0.6) is 0 Å². The van der Waals surface area contributed by atoms with Gasteiger partial charge in [0.15, 0.2) is 0 Å². The quantitative estimate of drug-likeness (QED) is 0.654. The highest BCUT2D eigenvalue weighted by atomic mass is 32.1. The molecule has 2 heterocycles. The largest absolute Gasteiger partial charge is 0.462 e. The molecule has 0 radical (unpaired) electrons. The molecule has 0 spiro atoms. The monoisotopic (exact) mass is 356 g/mol. The van der Waals surface area contributed by atoms with Crippen molar-refractivity contribution in [2.45, 2.75) is 33.7 Å². The van der Waals surface area contributed by atoms with Gasteiger partial charge in [0.1, 0.15) is 4.83 Å². The fourth-order valence-corrected chi connectivity index (χ4v) is 3.64. The number of ether oxygens (including phenoxy) is 1. The number of esters is 1. The first-order valence-electron chi connectivity index (χ1n) is 8.22. The van der Waals surface area contributed by atoms with E-state index in [2.05, 4.69) is 4.98 Å². The highest BCUT2D eigenvalue weighted by molar-refractivity contribution is 7.18. The predicted molar refractivity (Wildman–Crippen MR) is 99.5 cm³/mol. The van der Waals surface area contributed by atoms with E-state index in [9.17, 15) is 9.59 Å². The van der Waals surface area contributed by atoms with Crippen molar-refractivity contribution in [2.24, 2.45) is 0 Å². The van der Waals surface area contributed by atoms with Gasteiger partial charge in [-0.2, -0.15) is 0 Å². The van der Waals surface area contributed by atoms with Gasteiger partial charge in [-0.15, -0.1) is 11.3 Å². The summed E-state index contributed by atoms with van der Waals surface area (Å²) in [6.07, 6.45) is 2.36. The molecular formula is C19H20N2O3S. The molecule has 5 nitrogen and oxygen atoms in total. The predicted octanol–water partition coefficient (Wildman–Crippen LogP) is 3.69. The van der Waals surface area contributed by atoms with E-state index in [-0.39, 0.29) is 11.5 Å². The zero-order valence-corrected chi connectivity index (χ0v) is 15.4. The molecule has 0 unspecified atom stereocenters. The molecule has 2 aromatic heterocycles. The lowest BCUT2D eigenvalue weighted by molar-refractivity contribution is 0.0505. The first-order chi connectivity index (χ1) is 12.0. The number of fused-ring (bicyclic) bond motifs is 1. The molecule has 6 heteroatoms. The molecule has 130 valence electrons. The fraction of sp³-hybridized carbons (Fsp3) is 0.316. The molecule has 3 aromatic rings. The van der Waals surface area contributed by atoms with E-state index in [1.165, 1.54) is 11.3 Å². The topological polar surface area (TPSA) is 61.2 Å². The summed E-state index contributed by atoms with van der Waals surface area (Å²) in [7, 11) is 0. The highest BCUT2D eigenvalue weighted by Gasteiger charge is 2.13. The number of carbonyl (C=O) groups is 1. The maximum atomic E-state index is 12.8. The Bertz CT molecular complexity index is 988. The minimum absolute atomic E-state index is 0.0502. The molecular weight excluding hydrogens is 336 g/mol. The Morgan fingerprint density at radius 3 is 2.88 bits per heavy atom. The number of hydrogen-bond donors (Lipinski definition) is 0. The van der Waals surface area contributed by atoms with Crippen LogP contribution in [0.4, 0.5) is 0 Å². The molecule has 0 bridgehead atoms. The van der Waals surface area contributed by atoms with Crippen molar-refractivity contribution in [3.63, 3.8) is 0 Å². The van der Waals surface area contributed by atoms with Gasteiger partial charge in [-0.1, -0.05) is 19.1 Å². The van der Waals surface area contributed by atoms with Crippen LogP contribution in [0, 0.1) is 13.8 Å². The smallest absolute Gasteiger partial charge is 0.338 e. The fourth-order valence-electron chi connectivity index (χ4n) is 2.65. The number of rotatable bonds is 5. The second kappa shape index (κ2) is 7.19. The van der Waals surface area contributed by atoms with Crippen molar-refractivity contribution in [1.29, 1.82) is 0 Å². The van der Waals surface area contributed by atoms with Gasteiger partial charge in [-0.3, -0.25) is 9.36 Å². The summed E-state index contributed by atoms with van der Waals surface area (Å²) in [6, 6.07) is 7.17. The maximum absolute atomic E-state index is 12.8. The number of hydrogen-bond acceptors (Lipinski definition) is 5. The van der Waals surface area contributed by atoms with Gasteiger partial charge in [-0.25, -0.2) is 9.78 Å². The van der Waals surface area contributed by atoms with Crippen LogP contribution < -0.4 is 5.56 Å². The molecule has 1 aromatic carbocycles. The Hall–Kier alpha value is -2.47. The number of aryl methyl sites for hydroxylation is 2. The summed E-state index contributed by atoms with van der Waals surface area (Å²) in [4.78, 5) is 31.0. The van der Waals surface area contributed by atoms with Gasteiger partial charge in [0, 0.05) is 4.88 Å². The van der Waals surface area contributed by atoms with Crippen molar-refractivity contribution in [3.05, 3.63) is 62.5 Å². The zero-order chi connectivity index (χ0) is 18.0. The van der Waals surface area contributed by atoms with Crippen molar-refractivity contribution in [1.82, 2.24) is 9.55 Å². The number of thiophene rings is 1. The van der Waals surface area contributed by atoms with E-state index < -0.39 is 0 Å². The van der Waals surface area contributed by atoms with E-state index in [4.69, 9.17) is 4.74 Å². The average Bonchev–Trinajstić information content (AvgIpc) is 2.90. The van der Waals surface area contributed by atoms with Gasteiger partial charge < -0.3 is 4.74 Å². The number of aromatic nitrogens is 2. The zero-order valence-electron chi connectivity index (χ0n) is 14.5. The molecule has 0 saturated carbocycles. The number of carbonyl (C=O) groups excluding carboxylic acids is 1. The Labute approximate surface area is 149 Å². The van der Waals surface area contributed by atoms with Gasteiger partial charge in [-0.05, 0) is 43.5 Å². The van der Waals surface area contributed by atoms with Crippen LogP contribution >= 0.6 is 11.3 Å². The molecule has 3 rings (SSSR count). The molecule has 25 heavy (non-hydrogen) atoms. The molecule has 0 aliphatic carbocycles. The summed E-state index contributed by atoms with van der Waals surface area (Å²) in [5.41, 5.74) is 2.30. The first-order valence-corrected chi connectivity index (χ1v) is 9.04. The lowest BCUT2D eigenvalue weighted by Crippen LogP contribution is -2.21. The van der Waals surface area contributed by atoms with Crippen molar-refractivity contribution < 1.29 is 9.53 Å². The number of benzene rings is 1. The van der Waals surface area contributed by atoms with Gasteiger partial charge in [0.05, 0.1) is 30.4 Å². The summed E-state index contributed by atoms with van der Waals surface area (Å²) >= 11 is 1.54. The second-order valence-corrected chi connectivity index (χ2v) is 7.18. The lowest BCUT2D eigenvalue weighted by Gasteiger charge is -2.08. The minimum Gasteiger partial charge on any atom is -0.462 e. The Morgan fingerprint density at radius 1 is 1.32 bits per heavy atom. The van der Waals surface area contributed by atoms with Crippen LogP contribution in [0.15, 0.2) is 35.4 Å². The molecule has 0 aliphatic rings. The normalized spacial score (nSPS) is 11.0. The Morgan fingerprint density at radius 2 is 2.12 bits per heavy atom. The Kier molecular flexibility index (Phi) is 4.99. The standard InChI is InChI=1S/C19H20N2O3S/c1-4-8-24-19(23)15-7-5-6-14(9-15)10-21-11-20-17-16(18(21)22)12(2)13(3)25-17/h5-7,9,11H,4,8,10H2,1-3H3. The summed E-state index contributed by atoms with van der Waals surface area (Å²) < 4.78 is 6.75. The van der Waals surface area contributed by atoms with E-state index in [0.29, 0.717) is 24.1 Å².